The first kappa shape index (κ1) is 18.7. The Labute approximate surface area is 164 Å². The molecule has 2 aromatic rings. The average Bonchev–Trinajstić information content (AvgIpc) is 2.42. The molecule has 0 spiro atoms. The Morgan fingerprint density at radius 3 is 2.27 bits per heavy atom. The largest absolute Gasteiger partial charge is 0.466 e. The van der Waals surface area contributed by atoms with Gasteiger partial charge in [0.05, 0.1) is 0 Å². The van der Waals surface area contributed by atoms with Gasteiger partial charge in [0, 0.05) is 0 Å². The molecule has 0 atom stereocenters. The van der Waals surface area contributed by atoms with E-state index < -0.39 is 7.82 Å². The third-order valence-electron chi connectivity index (χ3n) is 3.93. The van der Waals surface area contributed by atoms with Crippen molar-refractivity contribution < 1.29 is 19.2 Å². The van der Waals surface area contributed by atoms with Gasteiger partial charge in [0.1, 0.15) is 0 Å². The van der Waals surface area contributed by atoms with Crippen molar-refractivity contribution in [2.75, 3.05) is 11.9 Å². The number of para-hydroxylation sites is 1. The Bertz CT molecular complexity index is 739. The van der Waals surface area contributed by atoms with Gasteiger partial charge in [-0.3, -0.25) is 0 Å². The van der Waals surface area contributed by atoms with Gasteiger partial charge in [0.2, 0.25) is 0 Å². The fourth-order valence-electron chi connectivity index (χ4n) is 2.70. The van der Waals surface area contributed by atoms with Gasteiger partial charge in [-0.15, -0.1) is 0 Å². The third kappa shape index (κ3) is 4.68. The smallest absolute Gasteiger partial charge is 0.303 e. The second-order valence-corrected chi connectivity index (χ2v) is 8.49. The summed E-state index contributed by atoms with van der Waals surface area (Å²) in [6.07, 6.45) is 1.12. The van der Waals surface area contributed by atoms with Crippen LogP contribution in [0.1, 0.15) is 11.1 Å². The van der Waals surface area contributed by atoms with Gasteiger partial charge >= 0.3 is 147 Å². The van der Waals surface area contributed by atoms with E-state index in [4.69, 9.17) is 19.2 Å². The SMILES string of the molecule is CN1c2ccccc2Cc2c1cc[c]([Na])[c]2[Na].O=P(O)(O)O. The minimum atomic E-state index is -4.64. The first-order valence-corrected chi connectivity index (χ1v) is 10.4. The van der Waals surface area contributed by atoms with Crippen molar-refractivity contribution >= 4 is 80.7 Å². The van der Waals surface area contributed by atoms with Crippen LogP contribution in [0.15, 0.2) is 36.4 Å². The van der Waals surface area contributed by atoms with Crippen LogP contribution in [-0.2, 0) is 11.0 Å². The molecule has 0 bridgehead atoms. The summed E-state index contributed by atoms with van der Waals surface area (Å²) in [5, 5.41) is 0. The topological polar surface area (TPSA) is 81.0 Å². The number of fused-ring (bicyclic) bond motifs is 2. The molecule has 0 fully saturated rings. The summed E-state index contributed by atoms with van der Waals surface area (Å²) in [5.41, 5.74) is 5.81. The Morgan fingerprint density at radius 2 is 1.64 bits per heavy atom. The van der Waals surface area contributed by atoms with Crippen molar-refractivity contribution in [3.63, 3.8) is 0 Å². The molecule has 3 rings (SSSR count). The third-order valence-corrected chi connectivity index (χ3v) is 7.40. The van der Waals surface area contributed by atoms with Gasteiger partial charge in [-0.1, -0.05) is 0 Å². The van der Waals surface area contributed by atoms with Gasteiger partial charge in [-0.2, -0.15) is 0 Å². The number of hydrogen-bond donors (Lipinski definition) is 3. The zero-order valence-corrected chi connectivity index (χ0v) is 17.7. The number of nitrogens with zero attached hydrogens (tertiary/aromatic N) is 1. The Kier molecular flexibility index (Phi) is 6.36. The van der Waals surface area contributed by atoms with Crippen molar-refractivity contribution in [2.24, 2.45) is 0 Å². The fraction of sp³-hybridized carbons (Fsp3) is 0.143. The van der Waals surface area contributed by atoms with E-state index in [2.05, 4.69) is 48.3 Å². The van der Waals surface area contributed by atoms with E-state index in [0.29, 0.717) is 0 Å². The standard InChI is InChI=1S/C14H11N.2Na.H3O4P/c1-15-13-8-4-2-6-11(13)10-12-7-3-5-9-14(12)15;;;1-5(2,3)4/h2,4-6,8-9H,10H2,1H3;;;(H3,1,2,3,4). The van der Waals surface area contributed by atoms with Gasteiger partial charge in [-0.05, 0) is 0 Å². The molecule has 22 heavy (non-hydrogen) atoms. The van der Waals surface area contributed by atoms with Crippen LogP contribution in [0.2, 0.25) is 0 Å². The van der Waals surface area contributed by atoms with Gasteiger partial charge < -0.3 is 14.7 Å². The van der Waals surface area contributed by atoms with E-state index in [1.165, 1.54) is 72.8 Å². The predicted octanol–water partition coefficient (Wildman–Crippen LogP) is 0.0177. The Morgan fingerprint density at radius 1 is 1.05 bits per heavy atom. The minimum absolute atomic E-state index is 1.12. The molecule has 0 saturated carbocycles. The van der Waals surface area contributed by atoms with Crippen molar-refractivity contribution in [2.45, 2.75) is 6.42 Å². The normalized spacial score (nSPS) is 13.0. The summed E-state index contributed by atoms with van der Waals surface area (Å²) < 4.78 is 12.1. The Balaban J connectivity index is 0.000000309. The average molecular weight is 337 g/mol. The second-order valence-electron chi connectivity index (χ2n) is 5.38. The van der Waals surface area contributed by atoms with E-state index in [0.717, 1.165) is 6.42 Å². The van der Waals surface area contributed by atoms with Crippen molar-refractivity contribution in [3.8, 4) is 0 Å². The van der Waals surface area contributed by atoms with Crippen LogP contribution in [0.4, 0.5) is 11.4 Å². The van der Waals surface area contributed by atoms with Crippen LogP contribution >= 0.6 is 7.82 Å². The van der Waals surface area contributed by atoms with Gasteiger partial charge in [0.25, 0.3) is 0 Å². The predicted molar refractivity (Wildman–Crippen MR) is 88.8 cm³/mol. The molecule has 0 amide bonds. The zero-order valence-electron chi connectivity index (χ0n) is 12.8. The van der Waals surface area contributed by atoms with Crippen LogP contribution in [0.5, 0.6) is 0 Å². The number of hydrogen-bond acceptors (Lipinski definition) is 2. The second kappa shape index (κ2) is 7.49. The monoisotopic (exact) mass is 337 g/mol. The molecule has 0 aliphatic carbocycles. The number of phosphoric acid groups is 1. The number of benzene rings is 2. The molecule has 1 aliphatic heterocycles. The van der Waals surface area contributed by atoms with Crippen molar-refractivity contribution in [3.05, 3.63) is 47.5 Å². The summed E-state index contributed by atoms with van der Waals surface area (Å²) in [6, 6.07) is 13.4. The number of anilines is 2. The molecular weight excluding hydrogens is 323 g/mol. The summed E-state index contributed by atoms with van der Waals surface area (Å²) >= 11 is 2.34. The molecule has 0 unspecified atom stereocenters. The molecule has 2 aromatic carbocycles. The van der Waals surface area contributed by atoms with Crippen molar-refractivity contribution in [1.29, 1.82) is 0 Å². The summed E-state index contributed by atoms with van der Waals surface area (Å²) in [5.74, 6) is 0. The van der Waals surface area contributed by atoms with E-state index in [1.54, 1.807) is 11.2 Å². The van der Waals surface area contributed by atoms with Crippen LogP contribution in [0, 0.1) is 0 Å². The van der Waals surface area contributed by atoms with E-state index in [1.807, 2.05) is 0 Å². The quantitative estimate of drug-likeness (QED) is 0.466. The molecule has 0 radical (unpaired) electrons. The van der Waals surface area contributed by atoms with E-state index in [9.17, 15) is 0 Å². The molecule has 0 saturated heterocycles. The molecule has 1 heterocycles. The van der Waals surface area contributed by atoms with Crippen LogP contribution < -0.4 is 10.5 Å². The molecule has 0 aromatic heterocycles. The maximum absolute atomic E-state index is 8.88. The number of rotatable bonds is 0. The minimum Gasteiger partial charge on any atom is -0.303 e. The van der Waals surface area contributed by atoms with E-state index in [-0.39, 0.29) is 0 Å². The molecule has 5 nitrogen and oxygen atoms in total. The van der Waals surface area contributed by atoms with Crippen molar-refractivity contribution in [1.82, 2.24) is 0 Å². The van der Waals surface area contributed by atoms with Gasteiger partial charge in [0.15, 0.2) is 0 Å². The Hall–Kier alpha value is 0.350. The van der Waals surface area contributed by atoms with Gasteiger partial charge in [-0.25, -0.2) is 4.57 Å². The maximum Gasteiger partial charge on any atom is 0.466 e. The molecular formula is C14H14NNa2O4P. The van der Waals surface area contributed by atoms with E-state index >= 15 is 0 Å². The molecule has 1 aliphatic rings. The summed E-state index contributed by atoms with van der Waals surface area (Å²) in [6.45, 7) is 0. The molecule has 8 heteroatoms. The van der Waals surface area contributed by atoms with Crippen LogP contribution in [0.3, 0.4) is 0 Å². The zero-order chi connectivity index (χ0) is 16.5. The maximum atomic E-state index is 8.88. The first-order chi connectivity index (χ1) is 10.2. The first-order valence-electron chi connectivity index (χ1n) is 6.87. The van der Waals surface area contributed by atoms with Crippen LogP contribution in [-0.4, -0.2) is 77.6 Å². The van der Waals surface area contributed by atoms with Crippen LogP contribution in [0.25, 0.3) is 0 Å². The molecule has 3 N–H and O–H groups in total. The molecule has 106 valence electrons. The fourth-order valence-corrected chi connectivity index (χ4v) is 3.77. The summed E-state index contributed by atoms with van der Waals surface area (Å²) in [7, 11) is -2.45. The summed E-state index contributed by atoms with van der Waals surface area (Å²) in [4.78, 5) is 23.9.